The molecule has 0 saturated carbocycles. The lowest BCUT2D eigenvalue weighted by molar-refractivity contribution is 0.0651. The standard InChI is InChI=1S/C11H18BrNO3/c1-13-10(4-5-15-8-7-14-2)11-9(12)3-6-16-11/h3,6,10,13H,4-5,7-8H2,1-2H3. The molecule has 0 fully saturated rings. The molecule has 0 saturated heterocycles. The molecular formula is C11H18BrNO3. The Labute approximate surface area is 104 Å². The molecule has 5 heteroatoms. The number of hydrogen-bond acceptors (Lipinski definition) is 4. The van der Waals surface area contributed by atoms with Gasteiger partial charge in [0.2, 0.25) is 0 Å². The van der Waals surface area contributed by atoms with Crippen molar-refractivity contribution in [3.8, 4) is 0 Å². The summed E-state index contributed by atoms with van der Waals surface area (Å²) in [4.78, 5) is 0. The van der Waals surface area contributed by atoms with Crippen molar-refractivity contribution < 1.29 is 13.9 Å². The van der Waals surface area contributed by atoms with Crippen molar-refractivity contribution in [2.45, 2.75) is 12.5 Å². The van der Waals surface area contributed by atoms with Crippen molar-refractivity contribution in [3.63, 3.8) is 0 Å². The molecule has 0 aliphatic heterocycles. The fourth-order valence-electron chi connectivity index (χ4n) is 1.41. The zero-order valence-corrected chi connectivity index (χ0v) is 11.2. The maximum absolute atomic E-state index is 5.42. The highest BCUT2D eigenvalue weighted by molar-refractivity contribution is 9.10. The maximum Gasteiger partial charge on any atom is 0.134 e. The van der Waals surface area contributed by atoms with E-state index in [0.717, 1.165) is 16.7 Å². The van der Waals surface area contributed by atoms with Crippen molar-refractivity contribution in [1.82, 2.24) is 5.32 Å². The molecule has 16 heavy (non-hydrogen) atoms. The molecule has 0 radical (unpaired) electrons. The lowest BCUT2D eigenvalue weighted by Crippen LogP contribution is -2.18. The van der Waals surface area contributed by atoms with Crippen LogP contribution in [0, 0.1) is 0 Å². The molecule has 0 aromatic carbocycles. The van der Waals surface area contributed by atoms with Gasteiger partial charge < -0.3 is 19.2 Å². The Morgan fingerprint density at radius 2 is 2.25 bits per heavy atom. The highest BCUT2D eigenvalue weighted by Gasteiger charge is 2.15. The molecule has 0 spiro atoms. The first kappa shape index (κ1) is 13.7. The molecule has 0 aliphatic carbocycles. The molecule has 0 amide bonds. The van der Waals surface area contributed by atoms with E-state index in [2.05, 4.69) is 21.2 Å². The first-order valence-corrected chi connectivity index (χ1v) is 6.05. The summed E-state index contributed by atoms with van der Waals surface area (Å²) in [6.45, 7) is 1.95. The smallest absolute Gasteiger partial charge is 0.134 e. The predicted octanol–water partition coefficient (Wildman–Crippen LogP) is 2.36. The van der Waals surface area contributed by atoms with Crippen molar-refractivity contribution >= 4 is 15.9 Å². The normalized spacial score (nSPS) is 12.9. The molecule has 1 atom stereocenters. The molecule has 1 heterocycles. The fourth-order valence-corrected chi connectivity index (χ4v) is 1.88. The van der Waals surface area contributed by atoms with Crippen molar-refractivity contribution in [1.29, 1.82) is 0 Å². The van der Waals surface area contributed by atoms with Crippen LogP contribution in [0.4, 0.5) is 0 Å². The van der Waals surface area contributed by atoms with Gasteiger partial charge >= 0.3 is 0 Å². The van der Waals surface area contributed by atoms with Gasteiger partial charge in [0.05, 0.1) is 30.0 Å². The Kier molecular flexibility index (Phi) is 6.71. The Bertz CT molecular complexity index is 291. The number of hydrogen-bond donors (Lipinski definition) is 1. The molecule has 1 unspecified atom stereocenters. The van der Waals surface area contributed by atoms with Crippen molar-refractivity contribution in [2.24, 2.45) is 0 Å². The first-order valence-electron chi connectivity index (χ1n) is 5.26. The minimum absolute atomic E-state index is 0.173. The third-order valence-electron chi connectivity index (χ3n) is 2.29. The molecular weight excluding hydrogens is 274 g/mol. The van der Waals surface area contributed by atoms with Crippen LogP contribution in [0.3, 0.4) is 0 Å². The van der Waals surface area contributed by atoms with E-state index < -0.39 is 0 Å². The number of methoxy groups -OCH3 is 1. The van der Waals surface area contributed by atoms with Gasteiger partial charge in [0.15, 0.2) is 0 Å². The first-order chi connectivity index (χ1) is 7.79. The van der Waals surface area contributed by atoms with Crippen molar-refractivity contribution in [2.75, 3.05) is 34.0 Å². The number of furan rings is 1. The molecule has 4 nitrogen and oxygen atoms in total. The van der Waals surface area contributed by atoms with Gasteiger partial charge in [-0.1, -0.05) is 0 Å². The average Bonchev–Trinajstić information content (AvgIpc) is 2.70. The molecule has 92 valence electrons. The number of ether oxygens (including phenoxy) is 2. The zero-order valence-electron chi connectivity index (χ0n) is 9.66. The molecule has 1 aromatic heterocycles. The number of nitrogens with one attached hydrogen (secondary N) is 1. The van der Waals surface area contributed by atoms with E-state index in [4.69, 9.17) is 13.9 Å². The van der Waals surface area contributed by atoms with Crippen LogP contribution in [0.15, 0.2) is 21.2 Å². The molecule has 0 aliphatic rings. The Morgan fingerprint density at radius 1 is 1.44 bits per heavy atom. The zero-order chi connectivity index (χ0) is 11.8. The highest BCUT2D eigenvalue weighted by Crippen LogP contribution is 2.26. The van der Waals surface area contributed by atoms with E-state index in [-0.39, 0.29) is 6.04 Å². The Balaban J connectivity index is 2.30. The SMILES string of the molecule is CNC(CCOCCOC)c1occc1Br. The highest BCUT2D eigenvalue weighted by atomic mass is 79.9. The fraction of sp³-hybridized carbons (Fsp3) is 0.636. The largest absolute Gasteiger partial charge is 0.466 e. The van der Waals surface area contributed by atoms with E-state index in [0.29, 0.717) is 19.8 Å². The summed E-state index contributed by atoms with van der Waals surface area (Å²) in [5, 5.41) is 3.20. The van der Waals surface area contributed by atoms with Crippen LogP contribution in [0.25, 0.3) is 0 Å². The van der Waals surface area contributed by atoms with Gasteiger partial charge in [0, 0.05) is 13.7 Å². The molecule has 1 rings (SSSR count). The monoisotopic (exact) mass is 291 g/mol. The second-order valence-corrected chi connectivity index (χ2v) is 4.22. The summed E-state index contributed by atoms with van der Waals surface area (Å²) < 4.78 is 16.7. The van der Waals surface area contributed by atoms with Gasteiger partial charge in [-0.25, -0.2) is 0 Å². The van der Waals surface area contributed by atoms with Gasteiger partial charge in [0.1, 0.15) is 5.76 Å². The summed E-state index contributed by atoms with van der Waals surface area (Å²) in [6.07, 6.45) is 2.54. The van der Waals surface area contributed by atoms with Crippen LogP contribution in [0.2, 0.25) is 0 Å². The van der Waals surface area contributed by atoms with Crippen LogP contribution in [0.1, 0.15) is 18.2 Å². The lowest BCUT2D eigenvalue weighted by Gasteiger charge is -2.14. The van der Waals surface area contributed by atoms with E-state index in [1.807, 2.05) is 13.1 Å². The second-order valence-electron chi connectivity index (χ2n) is 3.37. The van der Waals surface area contributed by atoms with Crippen LogP contribution in [0.5, 0.6) is 0 Å². The minimum atomic E-state index is 0.173. The third kappa shape index (κ3) is 4.25. The molecule has 0 bridgehead atoms. The summed E-state index contributed by atoms with van der Waals surface area (Å²) in [5.74, 6) is 0.915. The maximum atomic E-state index is 5.42. The lowest BCUT2D eigenvalue weighted by atomic mass is 10.1. The van der Waals surface area contributed by atoms with Crippen molar-refractivity contribution in [3.05, 3.63) is 22.6 Å². The van der Waals surface area contributed by atoms with Crippen LogP contribution in [-0.2, 0) is 9.47 Å². The average molecular weight is 292 g/mol. The molecule has 1 aromatic rings. The Hall–Kier alpha value is -0.360. The number of halogens is 1. The van der Waals surface area contributed by atoms with E-state index in [1.54, 1.807) is 13.4 Å². The predicted molar refractivity (Wildman–Crippen MR) is 65.5 cm³/mol. The van der Waals surface area contributed by atoms with Crippen LogP contribution >= 0.6 is 15.9 Å². The summed E-state index contributed by atoms with van der Waals surface area (Å²) in [7, 11) is 3.58. The van der Waals surface area contributed by atoms with E-state index >= 15 is 0 Å². The topological polar surface area (TPSA) is 43.6 Å². The Morgan fingerprint density at radius 3 is 2.81 bits per heavy atom. The summed E-state index contributed by atoms with van der Waals surface area (Å²) >= 11 is 3.45. The summed E-state index contributed by atoms with van der Waals surface area (Å²) in [6, 6.07) is 2.07. The van der Waals surface area contributed by atoms with Crippen LogP contribution in [-0.4, -0.2) is 34.0 Å². The summed E-state index contributed by atoms with van der Waals surface area (Å²) in [5.41, 5.74) is 0. The van der Waals surface area contributed by atoms with Gasteiger partial charge in [-0.2, -0.15) is 0 Å². The quantitative estimate of drug-likeness (QED) is 0.747. The molecule has 1 N–H and O–H groups in total. The van der Waals surface area contributed by atoms with Gasteiger partial charge in [-0.05, 0) is 35.5 Å². The third-order valence-corrected chi connectivity index (χ3v) is 2.95. The van der Waals surface area contributed by atoms with Gasteiger partial charge in [-0.3, -0.25) is 0 Å². The van der Waals surface area contributed by atoms with Crippen LogP contribution < -0.4 is 5.32 Å². The second kappa shape index (κ2) is 7.84. The number of rotatable bonds is 8. The van der Waals surface area contributed by atoms with E-state index in [1.165, 1.54) is 0 Å². The van der Waals surface area contributed by atoms with E-state index in [9.17, 15) is 0 Å². The van der Waals surface area contributed by atoms with Gasteiger partial charge in [-0.15, -0.1) is 0 Å². The van der Waals surface area contributed by atoms with Gasteiger partial charge in [0.25, 0.3) is 0 Å². The minimum Gasteiger partial charge on any atom is -0.466 e.